The number of aryl methyl sites for hydroxylation is 1. The number of nitrogens with zero attached hydrogens (tertiary/aromatic N) is 2. The van der Waals surface area contributed by atoms with Gasteiger partial charge in [-0.1, -0.05) is 115 Å². The van der Waals surface area contributed by atoms with E-state index in [0.29, 0.717) is 0 Å². The predicted octanol–water partition coefficient (Wildman–Crippen LogP) is 16.5. The van der Waals surface area contributed by atoms with Crippen molar-refractivity contribution in [3.05, 3.63) is 218 Å². The number of hydrogen-bond acceptors (Lipinski definition) is 4. The molecule has 0 saturated carbocycles. The van der Waals surface area contributed by atoms with E-state index >= 15 is 0 Å². The highest BCUT2D eigenvalue weighted by Gasteiger charge is 2.21. The molecule has 0 aliphatic heterocycles. The maximum atomic E-state index is 6.80. The molecule has 59 heavy (non-hydrogen) atoms. The van der Waals surface area contributed by atoms with Gasteiger partial charge in [-0.05, 0) is 126 Å². The number of furan rings is 1. The third-order valence-electron chi connectivity index (χ3n) is 11.3. The van der Waals surface area contributed by atoms with Gasteiger partial charge in [0.1, 0.15) is 11.2 Å². The first-order chi connectivity index (χ1) is 29.1. The quantitative estimate of drug-likeness (QED) is 0.153. The average molecular weight is 775 g/mol. The van der Waals surface area contributed by atoms with E-state index in [9.17, 15) is 0 Å². The molecule has 9 aromatic carbocycles. The summed E-state index contributed by atoms with van der Waals surface area (Å²) in [5.74, 6) is 0. The summed E-state index contributed by atoms with van der Waals surface area (Å²) in [6.07, 6.45) is 0. The fraction of sp³-hybridized carbons (Fsp3) is 0.0182. The van der Waals surface area contributed by atoms with Crippen molar-refractivity contribution in [2.75, 3.05) is 9.80 Å². The van der Waals surface area contributed by atoms with Crippen LogP contribution in [0.1, 0.15) is 5.56 Å². The van der Waals surface area contributed by atoms with Crippen molar-refractivity contribution >= 4 is 87.6 Å². The highest BCUT2D eigenvalue weighted by molar-refractivity contribution is 7.25. The third-order valence-corrected chi connectivity index (χ3v) is 12.4. The molecule has 0 unspecified atom stereocenters. The zero-order chi connectivity index (χ0) is 39.3. The first-order valence-electron chi connectivity index (χ1n) is 20.0. The summed E-state index contributed by atoms with van der Waals surface area (Å²) < 4.78 is 9.37. The molecule has 2 heterocycles. The molecule has 3 nitrogen and oxygen atoms in total. The van der Waals surface area contributed by atoms with Crippen LogP contribution in [-0.4, -0.2) is 0 Å². The van der Waals surface area contributed by atoms with E-state index in [1.165, 1.54) is 31.3 Å². The molecule has 0 spiro atoms. The van der Waals surface area contributed by atoms with Crippen LogP contribution in [-0.2, 0) is 0 Å². The Hall–Kier alpha value is -7.40. The summed E-state index contributed by atoms with van der Waals surface area (Å²) in [7, 11) is 0. The number of thiophene rings is 1. The molecule has 0 N–H and O–H groups in total. The molecule has 11 aromatic rings. The normalized spacial score (nSPS) is 11.5. The SMILES string of the molecule is Cc1cc(N(c2cc(-c3ccccc3)cc(-c3ccccc3)c2)c2ccc3sc4ccccc4c3c2)cc2oc3ccc(N(c4ccccc4)c4ccccc4)cc3c12. The summed E-state index contributed by atoms with van der Waals surface area (Å²) in [5, 5.41) is 4.74. The number of fused-ring (bicyclic) bond motifs is 6. The Morgan fingerprint density at radius 2 is 0.847 bits per heavy atom. The number of rotatable bonds is 8. The average Bonchev–Trinajstić information content (AvgIpc) is 3.86. The van der Waals surface area contributed by atoms with Crippen LogP contribution < -0.4 is 9.80 Å². The Morgan fingerprint density at radius 1 is 0.339 bits per heavy atom. The zero-order valence-electron chi connectivity index (χ0n) is 32.4. The summed E-state index contributed by atoms with van der Waals surface area (Å²) in [6.45, 7) is 2.21. The van der Waals surface area contributed by atoms with Gasteiger partial charge in [-0.3, -0.25) is 0 Å². The standard InChI is InChI=1S/C55H38N2OS/c1-37-30-46(36-52-55(37)50-35-44(26-28-51(50)58-52)56(42-20-10-4-11-21-42)43-22-12-5-13-23-43)57(45-27-29-54-49(34-45)48-24-14-15-25-53(48)59-54)47-32-40(38-16-6-2-7-17-38)31-41(33-47)39-18-8-3-9-19-39/h2-36H,1H3. The van der Waals surface area contributed by atoms with Crippen molar-refractivity contribution in [1.29, 1.82) is 0 Å². The van der Waals surface area contributed by atoms with Crippen LogP contribution in [0.25, 0.3) is 64.4 Å². The van der Waals surface area contributed by atoms with E-state index < -0.39 is 0 Å². The van der Waals surface area contributed by atoms with Gasteiger partial charge in [0.25, 0.3) is 0 Å². The monoisotopic (exact) mass is 774 g/mol. The number of para-hydroxylation sites is 2. The molecule has 4 heteroatoms. The molecule has 0 radical (unpaired) electrons. The lowest BCUT2D eigenvalue weighted by atomic mass is 9.97. The smallest absolute Gasteiger partial charge is 0.137 e. The molecule has 11 rings (SSSR count). The Morgan fingerprint density at radius 3 is 1.49 bits per heavy atom. The Labute approximate surface area is 347 Å². The fourth-order valence-electron chi connectivity index (χ4n) is 8.59. The highest BCUT2D eigenvalue weighted by Crippen LogP contribution is 2.46. The number of benzene rings is 9. The lowest BCUT2D eigenvalue weighted by Crippen LogP contribution is -2.10. The van der Waals surface area contributed by atoms with Crippen LogP contribution >= 0.6 is 11.3 Å². The highest BCUT2D eigenvalue weighted by atomic mass is 32.1. The lowest BCUT2D eigenvalue weighted by molar-refractivity contribution is 0.669. The lowest BCUT2D eigenvalue weighted by Gasteiger charge is -2.27. The van der Waals surface area contributed by atoms with E-state index in [2.05, 4.69) is 229 Å². The zero-order valence-corrected chi connectivity index (χ0v) is 33.2. The Bertz CT molecular complexity index is 3180. The summed E-state index contributed by atoms with van der Waals surface area (Å²) in [5.41, 5.74) is 14.0. The number of hydrogen-bond donors (Lipinski definition) is 0. The molecule has 0 aliphatic carbocycles. The second kappa shape index (κ2) is 14.5. The topological polar surface area (TPSA) is 19.6 Å². The van der Waals surface area contributed by atoms with Crippen molar-refractivity contribution in [3.8, 4) is 22.3 Å². The van der Waals surface area contributed by atoms with Gasteiger partial charge >= 0.3 is 0 Å². The second-order valence-corrected chi connectivity index (χ2v) is 16.1. The second-order valence-electron chi connectivity index (χ2n) is 15.0. The molecule has 0 bridgehead atoms. The summed E-state index contributed by atoms with van der Waals surface area (Å²) in [4.78, 5) is 4.71. The number of anilines is 6. The molecule has 2 aromatic heterocycles. The molecule has 0 aliphatic rings. The fourth-order valence-corrected chi connectivity index (χ4v) is 9.67. The molecule has 0 saturated heterocycles. The molecule has 0 atom stereocenters. The Kier molecular flexibility index (Phi) is 8.57. The van der Waals surface area contributed by atoms with Crippen molar-refractivity contribution in [2.45, 2.75) is 6.92 Å². The third kappa shape index (κ3) is 6.31. The summed E-state index contributed by atoms with van der Waals surface area (Å²) in [6, 6.07) is 76.1. The van der Waals surface area contributed by atoms with Gasteiger partial charge in [0.05, 0.1) is 5.69 Å². The van der Waals surface area contributed by atoms with Gasteiger partial charge in [-0.2, -0.15) is 0 Å². The van der Waals surface area contributed by atoms with Crippen molar-refractivity contribution < 1.29 is 4.42 Å². The van der Waals surface area contributed by atoms with Gasteiger partial charge in [-0.15, -0.1) is 11.3 Å². The van der Waals surface area contributed by atoms with E-state index in [-0.39, 0.29) is 0 Å². The first-order valence-corrected chi connectivity index (χ1v) is 20.8. The van der Waals surface area contributed by atoms with Crippen molar-refractivity contribution in [1.82, 2.24) is 0 Å². The van der Waals surface area contributed by atoms with Crippen LogP contribution in [0.3, 0.4) is 0 Å². The van der Waals surface area contributed by atoms with Gasteiger partial charge < -0.3 is 14.2 Å². The van der Waals surface area contributed by atoms with E-state index in [4.69, 9.17) is 4.42 Å². The van der Waals surface area contributed by atoms with Crippen LogP contribution in [0.5, 0.6) is 0 Å². The van der Waals surface area contributed by atoms with Crippen LogP contribution in [0.2, 0.25) is 0 Å². The minimum Gasteiger partial charge on any atom is -0.456 e. The van der Waals surface area contributed by atoms with Gasteiger partial charge in [0.15, 0.2) is 0 Å². The predicted molar refractivity (Wildman–Crippen MR) is 252 cm³/mol. The Balaban J connectivity index is 1.12. The maximum absolute atomic E-state index is 6.80. The van der Waals surface area contributed by atoms with Crippen LogP contribution in [0.15, 0.2) is 217 Å². The van der Waals surface area contributed by atoms with Crippen molar-refractivity contribution in [2.24, 2.45) is 0 Å². The van der Waals surface area contributed by atoms with E-state index in [1.54, 1.807) is 0 Å². The van der Waals surface area contributed by atoms with E-state index in [0.717, 1.165) is 72.8 Å². The minimum absolute atomic E-state index is 0.854. The molecular weight excluding hydrogens is 737 g/mol. The van der Waals surface area contributed by atoms with Gasteiger partial charge in [-0.25, -0.2) is 0 Å². The molecule has 280 valence electrons. The molecule has 0 amide bonds. The van der Waals surface area contributed by atoms with Crippen LogP contribution in [0.4, 0.5) is 34.1 Å². The van der Waals surface area contributed by atoms with Crippen molar-refractivity contribution in [3.63, 3.8) is 0 Å². The largest absolute Gasteiger partial charge is 0.456 e. The van der Waals surface area contributed by atoms with E-state index in [1.807, 2.05) is 11.3 Å². The van der Waals surface area contributed by atoms with Crippen LogP contribution in [0, 0.1) is 6.92 Å². The summed E-state index contributed by atoms with van der Waals surface area (Å²) >= 11 is 1.84. The maximum Gasteiger partial charge on any atom is 0.137 e. The van der Waals surface area contributed by atoms with Gasteiger partial charge in [0, 0.05) is 65.4 Å². The first kappa shape index (κ1) is 34.8. The van der Waals surface area contributed by atoms with Gasteiger partial charge in [0.2, 0.25) is 0 Å². The molecular formula is C55H38N2OS. The minimum atomic E-state index is 0.854. The molecule has 0 fully saturated rings.